The molecule has 124 valence electrons. The summed E-state index contributed by atoms with van der Waals surface area (Å²) in [5.74, 6) is 0.275. The molecule has 0 radical (unpaired) electrons. The number of carbonyl (C=O) groups excluding carboxylic acids is 1. The largest absolute Gasteiger partial charge is 0.441 e. The molecule has 3 aromatic rings. The minimum Gasteiger partial charge on any atom is -0.441 e. The number of primary sulfonamides is 1. The molecule has 1 aromatic heterocycles. The van der Waals surface area contributed by atoms with E-state index in [1.807, 2.05) is 24.3 Å². The molecule has 0 unspecified atom stereocenters. The fourth-order valence-electron chi connectivity index (χ4n) is 2.20. The summed E-state index contributed by atoms with van der Waals surface area (Å²) in [7, 11) is -3.74. The van der Waals surface area contributed by atoms with Crippen LogP contribution in [0.25, 0.3) is 11.1 Å². The van der Waals surface area contributed by atoms with Crippen LogP contribution in [0.15, 0.2) is 57.8 Å². The number of aryl methyl sites for hydroxylation is 1. The van der Waals surface area contributed by atoms with Gasteiger partial charge in [-0.05, 0) is 36.4 Å². The minimum atomic E-state index is -3.74. The van der Waals surface area contributed by atoms with Crippen LogP contribution in [0.5, 0.6) is 0 Å². The molecular weight excluding hydrogens is 330 g/mol. The van der Waals surface area contributed by atoms with Crippen LogP contribution in [0.4, 0.5) is 5.69 Å². The number of carbonyl (C=O) groups is 1. The predicted molar refractivity (Wildman–Crippen MR) is 88.8 cm³/mol. The van der Waals surface area contributed by atoms with E-state index < -0.39 is 10.0 Å². The summed E-state index contributed by atoms with van der Waals surface area (Å²) in [6.07, 6.45) is 0.569. The van der Waals surface area contributed by atoms with Gasteiger partial charge in [-0.25, -0.2) is 18.5 Å². The molecule has 3 N–H and O–H groups in total. The molecule has 1 heterocycles. The number of benzene rings is 2. The summed E-state index contributed by atoms with van der Waals surface area (Å²) in [5, 5.41) is 7.70. The Kier molecular flexibility index (Phi) is 4.32. The summed E-state index contributed by atoms with van der Waals surface area (Å²) >= 11 is 0. The molecule has 0 saturated carbocycles. The van der Waals surface area contributed by atoms with Crippen LogP contribution < -0.4 is 10.5 Å². The van der Waals surface area contributed by atoms with Gasteiger partial charge in [0.15, 0.2) is 11.5 Å². The highest BCUT2D eigenvalue weighted by molar-refractivity contribution is 7.89. The first-order valence-corrected chi connectivity index (χ1v) is 8.73. The van der Waals surface area contributed by atoms with E-state index >= 15 is 0 Å². The second-order valence-electron chi connectivity index (χ2n) is 5.19. The lowest BCUT2D eigenvalue weighted by Gasteiger charge is -2.05. The van der Waals surface area contributed by atoms with Crippen molar-refractivity contribution >= 4 is 32.7 Å². The number of nitrogens with zero attached hydrogens (tertiary/aromatic N) is 1. The Morgan fingerprint density at radius 1 is 1.12 bits per heavy atom. The van der Waals surface area contributed by atoms with Crippen molar-refractivity contribution in [1.29, 1.82) is 0 Å². The van der Waals surface area contributed by atoms with Gasteiger partial charge in [-0.15, -0.1) is 0 Å². The quantitative estimate of drug-likeness (QED) is 0.734. The standard InChI is InChI=1S/C16H15N3O4S/c17-24(21,22)12-7-5-11(6-8-12)18-15(20)9-10-16-19-13-3-1-2-4-14(13)23-16/h1-8H,9-10H2,(H,18,20)(H2,17,21,22). The van der Waals surface area contributed by atoms with E-state index in [-0.39, 0.29) is 17.2 Å². The number of hydrogen-bond donors (Lipinski definition) is 2. The third kappa shape index (κ3) is 3.79. The van der Waals surface area contributed by atoms with Crippen LogP contribution in [0.3, 0.4) is 0 Å². The lowest BCUT2D eigenvalue weighted by Crippen LogP contribution is -2.14. The Morgan fingerprint density at radius 2 is 1.83 bits per heavy atom. The maximum absolute atomic E-state index is 12.0. The second kappa shape index (κ2) is 6.42. The van der Waals surface area contributed by atoms with E-state index in [0.717, 1.165) is 5.52 Å². The van der Waals surface area contributed by atoms with Crippen molar-refractivity contribution < 1.29 is 17.6 Å². The van der Waals surface area contributed by atoms with Crippen molar-refractivity contribution in [2.24, 2.45) is 5.14 Å². The molecule has 2 aromatic carbocycles. The van der Waals surface area contributed by atoms with Crippen molar-refractivity contribution in [3.05, 3.63) is 54.4 Å². The molecular formula is C16H15N3O4S. The number of nitrogens with one attached hydrogen (secondary N) is 1. The van der Waals surface area contributed by atoms with Crippen LogP contribution in [-0.4, -0.2) is 19.3 Å². The summed E-state index contributed by atoms with van der Waals surface area (Å²) in [5.41, 5.74) is 1.93. The van der Waals surface area contributed by atoms with Crippen LogP contribution in [-0.2, 0) is 21.2 Å². The van der Waals surface area contributed by atoms with Crippen LogP contribution in [0.2, 0.25) is 0 Å². The Morgan fingerprint density at radius 3 is 2.50 bits per heavy atom. The van der Waals surface area contributed by atoms with E-state index in [9.17, 15) is 13.2 Å². The van der Waals surface area contributed by atoms with Gasteiger partial charge in [-0.2, -0.15) is 0 Å². The topological polar surface area (TPSA) is 115 Å². The highest BCUT2D eigenvalue weighted by atomic mass is 32.2. The zero-order valence-corrected chi connectivity index (χ0v) is 13.4. The molecule has 0 atom stereocenters. The van der Waals surface area contributed by atoms with Crippen LogP contribution in [0.1, 0.15) is 12.3 Å². The number of rotatable bonds is 5. The normalized spacial score (nSPS) is 11.5. The molecule has 0 spiro atoms. The SMILES string of the molecule is NS(=O)(=O)c1ccc(NC(=O)CCc2nc3ccccc3o2)cc1. The van der Waals surface area contributed by atoms with E-state index in [0.29, 0.717) is 23.6 Å². The van der Waals surface area contributed by atoms with E-state index in [4.69, 9.17) is 9.56 Å². The minimum absolute atomic E-state index is 0.00743. The fraction of sp³-hybridized carbons (Fsp3) is 0.125. The maximum atomic E-state index is 12.0. The number of oxazole rings is 1. The molecule has 0 fully saturated rings. The van der Waals surface area contributed by atoms with Gasteiger partial charge in [0.25, 0.3) is 0 Å². The number of para-hydroxylation sites is 2. The second-order valence-corrected chi connectivity index (χ2v) is 6.75. The van der Waals surface area contributed by atoms with Crippen LogP contribution in [0, 0.1) is 0 Å². The van der Waals surface area contributed by atoms with Gasteiger partial charge in [-0.1, -0.05) is 12.1 Å². The van der Waals surface area contributed by atoms with Crippen LogP contribution >= 0.6 is 0 Å². The van der Waals surface area contributed by atoms with Crippen molar-refractivity contribution in [3.8, 4) is 0 Å². The lowest BCUT2D eigenvalue weighted by molar-refractivity contribution is -0.116. The third-order valence-corrected chi connectivity index (χ3v) is 4.30. The van der Waals surface area contributed by atoms with Gasteiger partial charge in [0.1, 0.15) is 5.52 Å². The molecule has 0 aliphatic rings. The molecule has 8 heteroatoms. The monoisotopic (exact) mass is 345 g/mol. The average Bonchev–Trinajstić information content (AvgIpc) is 2.95. The first-order chi connectivity index (χ1) is 11.4. The first-order valence-electron chi connectivity index (χ1n) is 7.19. The third-order valence-electron chi connectivity index (χ3n) is 3.37. The zero-order chi connectivity index (χ0) is 17.2. The van der Waals surface area contributed by atoms with Crippen molar-refractivity contribution in [2.45, 2.75) is 17.7 Å². The average molecular weight is 345 g/mol. The number of nitrogens with two attached hydrogens (primary N) is 1. The maximum Gasteiger partial charge on any atom is 0.238 e. The molecule has 7 nitrogen and oxygen atoms in total. The van der Waals surface area contributed by atoms with Gasteiger partial charge in [0.05, 0.1) is 4.90 Å². The Labute approximate surface area is 138 Å². The summed E-state index contributed by atoms with van der Waals surface area (Å²) in [6.45, 7) is 0. The molecule has 0 aliphatic carbocycles. The Bertz CT molecular complexity index is 945. The summed E-state index contributed by atoms with van der Waals surface area (Å²) in [4.78, 5) is 16.3. The first kappa shape index (κ1) is 16.2. The number of hydrogen-bond acceptors (Lipinski definition) is 5. The fourth-order valence-corrected chi connectivity index (χ4v) is 2.71. The molecule has 0 bridgehead atoms. The van der Waals surface area contributed by atoms with E-state index in [2.05, 4.69) is 10.3 Å². The molecule has 0 saturated heterocycles. The van der Waals surface area contributed by atoms with Gasteiger partial charge in [0.2, 0.25) is 15.9 Å². The molecule has 24 heavy (non-hydrogen) atoms. The highest BCUT2D eigenvalue weighted by Crippen LogP contribution is 2.16. The Balaban J connectivity index is 1.59. The van der Waals surface area contributed by atoms with E-state index in [1.54, 1.807) is 0 Å². The van der Waals surface area contributed by atoms with Gasteiger partial charge >= 0.3 is 0 Å². The van der Waals surface area contributed by atoms with Crippen molar-refractivity contribution in [1.82, 2.24) is 4.98 Å². The van der Waals surface area contributed by atoms with Gasteiger partial charge < -0.3 is 9.73 Å². The number of anilines is 1. The number of amides is 1. The summed E-state index contributed by atoms with van der Waals surface area (Å²) < 4.78 is 27.9. The number of fused-ring (bicyclic) bond motifs is 1. The lowest BCUT2D eigenvalue weighted by atomic mass is 10.2. The predicted octanol–water partition coefficient (Wildman–Crippen LogP) is 2.05. The number of sulfonamides is 1. The molecule has 3 rings (SSSR count). The van der Waals surface area contributed by atoms with Crippen molar-refractivity contribution in [3.63, 3.8) is 0 Å². The number of aromatic nitrogens is 1. The highest BCUT2D eigenvalue weighted by Gasteiger charge is 2.10. The van der Waals surface area contributed by atoms with Crippen molar-refractivity contribution in [2.75, 3.05) is 5.32 Å². The zero-order valence-electron chi connectivity index (χ0n) is 12.6. The van der Waals surface area contributed by atoms with E-state index in [1.165, 1.54) is 24.3 Å². The Hall–Kier alpha value is -2.71. The van der Waals surface area contributed by atoms with Gasteiger partial charge in [0, 0.05) is 18.5 Å². The molecule has 0 aliphatic heterocycles. The van der Waals surface area contributed by atoms with Gasteiger partial charge in [-0.3, -0.25) is 4.79 Å². The smallest absolute Gasteiger partial charge is 0.238 e. The summed E-state index contributed by atoms with van der Waals surface area (Å²) in [6, 6.07) is 13.0. The molecule has 1 amide bonds.